The first-order chi connectivity index (χ1) is 8.58. The molecule has 0 aliphatic rings. The number of benzene rings is 1. The van der Waals surface area contributed by atoms with E-state index < -0.39 is 11.9 Å². The Morgan fingerprint density at radius 1 is 1.50 bits per heavy atom. The summed E-state index contributed by atoms with van der Waals surface area (Å²) >= 11 is 0. The second-order valence-corrected chi connectivity index (χ2v) is 4.11. The molecule has 1 atom stereocenters. The van der Waals surface area contributed by atoms with Crippen molar-refractivity contribution in [2.75, 3.05) is 0 Å². The zero-order valence-electron chi connectivity index (χ0n) is 10.3. The van der Waals surface area contributed by atoms with Crippen molar-refractivity contribution in [1.29, 1.82) is 0 Å². The molecular formula is C13H15FN2O2. The molecule has 5 heteroatoms. The number of nitrogens with zero attached hydrogens (tertiary/aromatic N) is 2. The van der Waals surface area contributed by atoms with Gasteiger partial charge in [-0.25, -0.2) is 9.37 Å². The van der Waals surface area contributed by atoms with Crippen LogP contribution in [-0.4, -0.2) is 14.7 Å². The van der Waals surface area contributed by atoms with Gasteiger partial charge in [-0.2, -0.15) is 0 Å². The van der Waals surface area contributed by atoms with Crippen LogP contribution in [0.4, 0.5) is 4.39 Å². The van der Waals surface area contributed by atoms with Crippen molar-refractivity contribution in [3.63, 3.8) is 0 Å². The third kappa shape index (κ3) is 2.68. The van der Waals surface area contributed by atoms with E-state index in [0.29, 0.717) is 11.4 Å². The van der Waals surface area contributed by atoms with Gasteiger partial charge in [-0.15, -0.1) is 0 Å². The highest BCUT2D eigenvalue weighted by atomic mass is 19.1. The molecule has 0 fully saturated rings. The molecular weight excluding hydrogens is 235 g/mol. The van der Waals surface area contributed by atoms with Gasteiger partial charge < -0.3 is 14.4 Å². The van der Waals surface area contributed by atoms with Crippen molar-refractivity contribution in [2.24, 2.45) is 7.05 Å². The number of halogens is 1. The van der Waals surface area contributed by atoms with E-state index in [1.54, 1.807) is 25.4 Å². The lowest BCUT2D eigenvalue weighted by molar-refractivity contribution is 0.198. The van der Waals surface area contributed by atoms with Gasteiger partial charge in [0.05, 0.1) is 6.10 Å². The van der Waals surface area contributed by atoms with E-state index in [9.17, 15) is 9.50 Å². The average Bonchev–Trinajstić information content (AvgIpc) is 2.73. The largest absolute Gasteiger partial charge is 0.483 e. The first-order valence-electron chi connectivity index (χ1n) is 5.64. The second kappa shape index (κ2) is 5.18. The van der Waals surface area contributed by atoms with Gasteiger partial charge >= 0.3 is 0 Å². The molecule has 1 aromatic carbocycles. The quantitative estimate of drug-likeness (QED) is 0.904. The number of hydrogen-bond acceptors (Lipinski definition) is 3. The molecule has 0 radical (unpaired) electrons. The minimum absolute atomic E-state index is 0.155. The normalized spacial score (nSPS) is 12.4. The summed E-state index contributed by atoms with van der Waals surface area (Å²) in [6.07, 6.45) is 2.76. The second-order valence-electron chi connectivity index (χ2n) is 4.11. The molecule has 18 heavy (non-hydrogen) atoms. The molecule has 1 heterocycles. The van der Waals surface area contributed by atoms with Crippen molar-refractivity contribution < 1.29 is 14.2 Å². The van der Waals surface area contributed by atoms with Gasteiger partial charge in [0.25, 0.3) is 0 Å². The van der Waals surface area contributed by atoms with Crippen molar-refractivity contribution in [2.45, 2.75) is 19.6 Å². The van der Waals surface area contributed by atoms with Crippen LogP contribution in [0.15, 0.2) is 30.6 Å². The molecule has 1 aromatic heterocycles. The lowest BCUT2D eigenvalue weighted by Gasteiger charge is -2.10. The van der Waals surface area contributed by atoms with E-state index in [1.807, 2.05) is 11.6 Å². The molecule has 0 amide bonds. The molecule has 1 unspecified atom stereocenters. The van der Waals surface area contributed by atoms with Crippen LogP contribution < -0.4 is 4.74 Å². The standard InChI is InChI=1S/C13H15FN2O2/c1-9(17)10-3-4-12(11(14)7-10)18-8-13-15-5-6-16(13)2/h3-7,9,17H,8H2,1-2H3. The summed E-state index contributed by atoms with van der Waals surface area (Å²) in [5, 5.41) is 9.33. The molecule has 0 saturated carbocycles. The lowest BCUT2D eigenvalue weighted by atomic mass is 10.1. The van der Waals surface area contributed by atoms with Crippen LogP contribution in [0.5, 0.6) is 5.75 Å². The van der Waals surface area contributed by atoms with Gasteiger partial charge in [0.15, 0.2) is 11.6 Å². The zero-order chi connectivity index (χ0) is 13.1. The Bertz CT molecular complexity index is 538. The maximum absolute atomic E-state index is 13.7. The summed E-state index contributed by atoms with van der Waals surface area (Å²) in [5.41, 5.74) is 0.525. The number of ether oxygens (including phenoxy) is 1. The highest BCUT2D eigenvalue weighted by Crippen LogP contribution is 2.22. The van der Waals surface area contributed by atoms with Crippen LogP contribution in [0, 0.1) is 5.82 Å². The van der Waals surface area contributed by atoms with E-state index in [1.165, 1.54) is 12.1 Å². The predicted octanol–water partition coefficient (Wildman–Crippen LogP) is 2.19. The van der Waals surface area contributed by atoms with Crippen LogP contribution in [-0.2, 0) is 13.7 Å². The third-order valence-electron chi connectivity index (χ3n) is 2.72. The fourth-order valence-electron chi connectivity index (χ4n) is 1.57. The highest BCUT2D eigenvalue weighted by Gasteiger charge is 2.09. The van der Waals surface area contributed by atoms with Crippen molar-refractivity contribution >= 4 is 0 Å². The van der Waals surface area contributed by atoms with Gasteiger partial charge in [0.1, 0.15) is 12.4 Å². The first kappa shape index (κ1) is 12.6. The van der Waals surface area contributed by atoms with Gasteiger partial charge in [0, 0.05) is 19.4 Å². The summed E-state index contributed by atoms with van der Waals surface area (Å²) in [7, 11) is 1.85. The van der Waals surface area contributed by atoms with Crippen LogP contribution >= 0.6 is 0 Å². The number of rotatable bonds is 4. The van der Waals surface area contributed by atoms with Gasteiger partial charge in [-0.05, 0) is 24.6 Å². The van der Waals surface area contributed by atoms with E-state index in [2.05, 4.69) is 4.98 Å². The van der Waals surface area contributed by atoms with Gasteiger partial charge in [-0.3, -0.25) is 0 Å². The summed E-state index contributed by atoms with van der Waals surface area (Å²) in [4.78, 5) is 4.08. The monoisotopic (exact) mass is 250 g/mol. The number of aliphatic hydroxyl groups excluding tert-OH is 1. The molecule has 2 rings (SSSR count). The molecule has 0 bridgehead atoms. The lowest BCUT2D eigenvalue weighted by Crippen LogP contribution is -2.04. The Hall–Kier alpha value is -1.88. The van der Waals surface area contributed by atoms with E-state index in [-0.39, 0.29) is 12.4 Å². The fraction of sp³-hybridized carbons (Fsp3) is 0.308. The molecule has 0 aliphatic carbocycles. The molecule has 0 aliphatic heterocycles. The topological polar surface area (TPSA) is 47.3 Å². The number of aliphatic hydroxyl groups is 1. The molecule has 0 spiro atoms. The summed E-state index contributed by atoms with van der Waals surface area (Å²) in [6.45, 7) is 1.79. The number of aromatic nitrogens is 2. The number of aryl methyl sites for hydroxylation is 1. The van der Waals surface area contributed by atoms with Crippen molar-refractivity contribution in [1.82, 2.24) is 9.55 Å². The Balaban J connectivity index is 2.08. The minimum Gasteiger partial charge on any atom is -0.483 e. The zero-order valence-corrected chi connectivity index (χ0v) is 10.3. The Labute approximate surface area is 105 Å². The number of imidazole rings is 1. The maximum atomic E-state index is 13.7. The SMILES string of the molecule is CC(O)c1ccc(OCc2nccn2C)c(F)c1. The minimum atomic E-state index is -0.692. The van der Waals surface area contributed by atoms with Gasteiger partial charge in [-0.1, -0.05) is 6.07 Å². The van der Waals surface area contributed by atoms with Crippen molar-refractivity contribution in [3.8, 4) is 5.75 Å². The first-order valence-corrected chi connectivity index (χ1v) is 5.64. The van der Waals surface area contributed by atoms with Crippen LogP contribution in [0.1, 0.15) is 24.4 Å². The fourth-order valence-corrected chi connectivity index (χ4v) is 1.57. The van der Waals surface area contributed by atoms with Crippen LogP contribution in [0.2, 0.25) is 0 Å². The van der Waals surface area contributed by atoms with E-state index in [4.69, 9.17) is 4.74 Å². The Morgan fingerprint density at radius 2 is 2.28 bits per heavy atom. The van der Waals surface area contributed by atoms with Crippen molar-refractivity contribution in [3.05, 3.63) is 47.8 Å². The predicted molar refractivity (Wildman–Crippen MR) is 64.6 cm³/mol. The molecule has 2 aromatic rings. The van der Waals surface area contributed by atoms with E-state index in [0.717, 1.165) is 0 Å². The highest BCUT2D eigenvalue weighted by molar-refractivity contribution is 5.30. The smallest absolute Gasteiger partial charge is 0.165 e. The average molecular weight is 250 g/mol. The third-order valence-corrected chi connectivity index (χ3v) is 2.72. The summed E-state index contributed by atoms with van der Waals surface area (Å²) in [5.74, 6) is 0.388. The van der Waals surface area contributed by atoms with E-state index >= 15 is 0 Å². The van der Waals surface area contributed by atoms with Crippen LogP contribution in [0.3, 0.4) is 0 Å². The molecule has 96 valence electrons. The maximum Gasteiger partial charge on any atom is 0.165 e. The number of hydrogen-bond donors (Lipinski definition) is 1. The molecule has 4 nitrogen and oxygen atoms in total. The molecule has 1 N–H and O–H groups in total. The molecule has 0 saturated heterocycles. The Morgan fingerprint density at radius 3 is 2.83 bits per heavy atom. The van der Waals surface area contributed by atoms with Gasteiger partial charge in [0.2, 0.25) is 0 Å². The summed E-state index contributed by atoms with van der Waals surface area (Å²) in [6, 6.07) is 4.43. The summed E-state index contributed by atoms with van der Waals surface area (Å²) < 4.78 is 20.8. The van der Waals surface area contributed by atoms with Crippen LogP contribution in [0.25, 0.3) is 0 Å². The Kier molecular flexibility index (Phi) is 3.62.